The molecule has 33 heavy (non-hydrogen) atoms. The predicted molar refractivity (Wildman–Crippen MR) is 115 cm³/mol. The van der Waals surface area contributed by atoms with Crippen LogP contribution in [0, 0.1) is 0 Å². The van der Waals surface area contributed by atoms with Gasteiger partial charge >= 0.3 is 6.18 Å². The van der Waals surface area contributed by atoms with Crippen molar-refractivity contribution in [2.24, 2.45) is 0 Å². The number of anilines is 1. The van der Waals surface area contributed by atoms with E-state index in [1.165, 1.54) is 34.2 Å². The number of carbonyl (C=O) groups excluding carboxylic acids is 1. The van der Waals surface area contributed by atoms with Gasteiger partial charge in [-0.05, 0) is 42.0 Å². The lowest BCUT2D eigenvalue weighted by Crippen LogP contribution is -2.18. The molecule has 3 aromatic heterocycles. The van der Waals surface area contributed by atoms with Gasteiger partial charge in [0.05, 0.1) is 23.1 Å². The van der Waals surface area contributed by atoms with E-state index in [4.69, 9.17) is 0 Å². The molecule has 0 bridgehead atoms. The molecule has 0 saturated carbocycles. The molecule has 8 nitrogen and oxygen atoms in total. The van der Waals surface area contributed by atoms with E-state index < -0.39 is 11.7 Å². The fourth-order valence-corrected chi connectivity index (χ4v) is 3.47. The Kier molecular flexibility index (Phi) is 4.93. The fourth-order valence-electron chi connectivity index (χ4n) is 3.47. The number of alkyl halides is 3. The van der Waals surface area contributed by atoms with E-state index in [9.17, 15) is 18.0 Å². The number of hydrogen-bond donors (Lipinski definition) is 2. The number of rotatable bonds is 5. The zero-order chi connectivity index (χ0) is 23.0. The first-order valence-electron chi connectivity index (χ1n) is 9.83. The van der Waals surface area contributed by atoms with Crippen LogP contribution in [0.2, 0.25) is 0 Å². The summed E-state index contributed by atoms with van der Waals surface area (Å²) in [5, 5.41) is 11.9. The van der Waals surface area contributed by atoms with Crippen LogP contribution >= 0.6 is 0 Å². The van der Waals surface area contributed by atoms with Gasteiger partial charge in [-0.15, -0.1) is 0 Å². The maximum Gasteiger partial charge on any atom is 0.416 e. The van der Waals surface area contributed by atoms with Gasteiger partial charge in [-0.2, -0.15) is 23.4 Å². The Hall–Kier alpha value is -4.41. The van der Waals surface area contributed by atoms with Gasteiger partial charge in [-0.1, -0.05) is 6.07 Å². The molecule has 5 rings (SSSR count). The van der Waals surface area contributed by atoms with Gasteiger partial charge in [0.1, 0.15) is 19.2 Å². The third-order valence-corrected chi connectivity index (χ3v) is 5.10. The summed E-state index contributed by atoms with van der Waals surface area (Å²) >= 11 is 0. The summed E-state index contributed by atoms with van der Waals surface area (Å²) in [6, 6.07) is 10.5. The minimum atomic E-state index is -4.39. The number of aromatic amines is 1. The van der Waals surface area contributed by atoms with Gasteiger partial charge in [-0.25, -0.2) is 14.3 Å². The molecule has 0 fully saturated rings. The van der Waals surface area contributed by atoms with Crippen LogP contribution in [0.5, 0.6) is 0 Å². The highest BCUT2D eigenvalue weighted by Gasteiger charge is 2.30. The Morgan fingerprint density at radius 3 is 2.61 bits per heavy atom. The van der Waals surface area contributed by atoms with Crippen molar-refractivity contribution < 1.29 is 18.0 Å². The molecule has 166 valence electrons. The van der Waals surface area contributed by atoms with Crippen molar-refractivity contribution >= 4 is 22.5 Å². The lowest BCUT2D eigenvalue weighted by molar-refractivity contribution is -0.137. The monoisotopic (exact) mass is 451 g/mol. The zero-order valence-electron chi connectivity index (χ0n) is 16.9. The fraction of sp³-hybridized carbons (Fsp3) is 0.0909. The summed E-state index contributed by atoms with van der Waals surface area (Å²) in [6.45, 7) is 0.0340. The Labute approximate surface area is 184 Å². The number of carbonyl (C=O) groups is 1. The van der Waals surface area contributed by atoms with Crippen molar-refractivity contribution in [3.05, 3.63) is 79.3 Å². The molecular formula is C22H16F3N7O. The molecule has 0 atom stereocenters. The first kappa shape index (κ1) is 20.5. The smallest absolute Gasteiger partial charge is 0.359 e. The molecule has 5 aromatic rings. The van der Waals surface area contributed by atoms with Gasteiger partial charge in [-0.3, -0.25) is 4.79 Å². The molecule has 0 saturated heterocycles. The molecular weight excluding hydrogens is 435 g/mol. The molecule has 2 aromatic carbocycles. The van der Waals surface area contributed by atoms with Crippen LogP contribution in [0.3, 0.4) is 0 Å². The second-order valence-electron chi connectivity index (χ2n) is 7.32. The number of aromatic nitrogens is 6. The van der Waals surface area contributed by atoms with Gasteiger partial charge < -0.3 is 10.3 Å². The molecule has 11 heteroatoms. The summed E-state index contributed by atoms with van der Waals surface area (Å²) in [5.74, 6) is -0.248. The lowest BCUT2D eigenvalue weighted by atomic mass is 10.1. The van der Waals surface area contributed by atoms with Crippen LogP contribution in [0.25, 0.3) is 27.7 Å². The zero-order valence-corrected chi connectivity index (χ0v) is 16.9. The van der Waals surface area contributed by atoms with Crippen molar-refractivity contribution in [3.8, 4) is 16.8 Å². The number of nitrogens with one attached hydrogen (secondary N) is 2. The summed E-state index contributed by atoms with van der Waals surface area (Å²) in [4.78, 5) is 19.3. The van der Waals surface area contributed by atoms with E-state index in [-0.39, 0.29) is 12.5 Å². The van der Waals surface area contributed by atoms with Crippen LogP contribution in [0.4, 0.5) is 18.9 Å². The summed E-state index contributed by atoms with van der Waals surface area (Å²) in [6.07, 6.45) is 3.51. The number of H-pyrrole nitrogens is 1. The highest BCUT2D eigenvalue weighted by Crippen LogP contribution is 2.31. The SMILES string of the molecule is O=C(Cn1cncn1)Nc1c[nH]c2ccc(-c3cnn(-c4ccc(C(F)(F)F)cc4)c3)cc12. The number of amides is 1. The number of nitrogens with zero attached hydrogens (tertiary/aromatic N) is 5. The maximum absolute atomic E-state index is 12.8. The van der Waals surface area contributed by atoms with Gasteiger partial charge in [0.2, 0.25) is 5.91 Å². The van der Waals surface area contributed by atoms with E-state index in [1.807, 2.05) is 18.2 Å². The Balaban J connectivity index is 1.39. The first-order chi connectivity index (χ1) is 15.9. The summed E-state index contributed by atoms with van der Waals surface area (Å²) < 4.78 is 41.3. The van der Waals surface area contributed by atoms with Crippen LogP contribution in [0.15, 0.2) is 73.7 Å². The minimum absolute atomic E-state index is 0.0340. The second kappa shape index (κ2) is 7.93. The minimum Gasteiger partial charge on any atom is -0.359 e. The van der Waals surface area contributed by atoms with Crippen LogP contribution < -0.4 is 5.32 Å². The van der Waals surface area contributed by atoms with Gasteiger partial charge in [0.15, 0.2) is 0 Å². The average molecular weight is 451 g/mol. The Morgan fingerprint density at radius 2 is 1.88 bits per heavy atom. The number of hydrogen-bond acceptors (Lipinski definition) is 4. The quantitative estimate of drug-likeness (QED) is 0.417. The molecule has 0 aliphatic rings. The number of benzene rings is 2. The topological polar surface area (TPSA) is 93.4 Å². The standard InChI is InChI=1S/C22H16F3N7O/c23-22(24,25)16-2-4-17(5-3-16)32-10-15(8-28-32)14-1-6-19-18(7-14)20(9-27-19)30-21(33)11-31-13-26-12-29-31/h1-10,12-13,27H,11H2,(H,30,33). The van der Waals surface area contributed by atoms with Crippen molar-refractivity contribution in [1.29, 1.82) is 0 Å². The molecule has 0 unspecified atom stereocenters. The third-order valence-electron chi connectivity index (χ3n) is 5.10. The lowest BCUT2D eigenvalue weighted by Gasteiger charge is -2.07. The van der Waals surface area contributed by atoms with Crippen molar-refractivity contribution in [3.63, 3.8) is 0 Å². The van der Waals surface area contributed by atoms with Crippen molar-refractivity contribution in [2.75, 3.05) is 5.32 Å². The second-order valence-corrected chi connectivity index (χ2v) is 7.32. The molecule has 2 N–H and O–H groups in total. The maximum atomic E-state index is 12.8. The molecule has 3 heterocycles. The van der Waals surface area contributed by atoms with Gasteiger partial charge in [0, 0.05) is 28.9 Å². The molecule has 0 aliphatic carbocycles. The highest BCUT2D eigenvalue weighted by atomic mass is 19.4. The van der Waals surface area contributed by atoms with Crippen molar-refractivity contribution in [2.45, 2.75) is 12.7 Å². The summed E-state index contributed by atoms with van der Waals surface area (Å²) in [7, 11) is 0. The van der Waals surface area contributed by atoms with E-state index in [2.05, 4.69) is 25.5 Å². The molecule has 1 amide bonds. The number of halogens is 3. The molecule has 0 radical (unpaired) electrons. The van der Waals surface area contributed by atoms with E-state index in [0.29, 0.717) is 11.4 Å². The first-order valence-corrected chi connectivity index (χ1v) is 9.83. The largest absolute Gasteiger partial charge is 0.416 e. The van der Waals surface area contributed by atoms with Gasteiger partial charge in [0.25, 0.3) is 0 Å². The number of fused-ring (bicyclic) bond motifs is 1. The summed E-state index contributed by atoms with van der Waals surface area (Å²) in [5.41, 5.74) is 2.87. The van der Waals surface area contributed by atoms with E-state index in [0.717, 1.165) is 34.2 Å². The normalized spacial score (nSPS) is 11.7. The third kappa shape index (κ3) is 4.20. The Morgan fingerprint density at radius 1 is 1.06 bits per heavy atom. The van der Waals surface area contributed by atoms with Crippen LogP contribution in [0.1, 0.15) is 5.56 Å². The Bertz CT molecular complexity index is 1420. The van der Waals surface area contributed by atoms with Crippen molar-refractivity contribution in [1.82, 2.24) is 29.5 Å². The van der Waals surface area contributed by atoms with Crippen LogP contribution in [-0.4, -0.2) is 35.4 Å². The molecule has 0 aliphatic heterocycles. The average Bonchev–Trinajstić information content (AvgIpc) is 3.55. The van der Waals surface area contributed by atoms with E-state index in [1.54, 1.807) is 18.6 Å². The highest BCUT2D eigenvalue weighted by molar-refractivity contribution is 6.02. The predicted octanol–water partition coefficient (Wildman–Crippen LogP) is 4.27. The van der Waals surface area contributed by atoms with Crippen LogP contribution in [-0.2, 0) is 17.5 Å². The van der Waals surface area contributed by atoms with E-state index >= 15 is 0 Å². The molecule has 0 spiro atoms.